The second kappa shape index (κ2) is 6.84. The van der Waals surface area contributed by atoms with Gasteiger partial charge in [-0.1, -0.05) is 17.8 Å². The van der Waals surface area contributed by atoms with E-state index < -0.39 is 5.54 Å². The Bertz CT molecular complexity index is 838. The normalized spacial score (nSPS) is 16.1. The number of carbonyl (C=O) groups is 1. The first-order valence-corrected chi connectivity index (χ1v) is 9.12. The minimum atomic E-state index is -0.780. The first-order chi connectivity index (χ1) is 11.9. The fourth-order valence-corrected chi connectivity index (χ4v) is 3.32. The molecule has 7 nitrogen and oxygen atoms in total. The van der Waals surface area contributed by atoms with Gasteiger partial charge in [0, 0.05) is 0 Å². The van der Waals surface area contributed by atoms with E-state index >= 15 is 0 Å². The number of rotatable bonds is 6. The maximum Gasteiger partial charge on any atom is 0.231 e. The second-order valence-corrected chi connectivity index (χ2v) is 7.51. The minimum absolute atomic E-state index is 0.162. The molecule has 0 spiro atoms. The summed E-state index contributed by atoms with van der Waals surface area (Å²) in [6.07, 6.45) is 1.98. The van der Waals surface area contributed by atoms with Gasteiger partial charge in [-0.25, -0.2) is 0 Å². The molecule has 1 N–H and O–H groups in total. The Hall–Kier alpha value is -2.40. The fourth-order valence-electron chi connectivity index (χ4n) is 2.63. The Morgan fingerprint density at radius 2 is 2.20 bits per heavy atom. The summed E-state index contributed by atoms with van der Waals surface area (Å²) in [5.74, 6) is 0.234. The lowest BCUT2D eigenvalue weighted by Crippen LogP contribution is -2.47. The third kappa shape index (κ3) is 3.82. The Kier molecular flexibility index (Phi) is 4.77. The SMILES string of the molecule is Cc1ccc(-n2nnnc2SCC(=O)N[C@](C)(C#N)C2CC2)cc1C. The highest BCUT2D eigenvalue weighted by Crippen LogP contribution is 2.39. The van der Waals surface area contributed by atoms with Crippen LogP contribution in [0.3, 0.4) is 0 Å². The van der Waals surface area contributed by atoms with Crippen LogP contribution in [-0.2, 0) is 4.79 Å². The molecule has 0 radical (unpaired) electrons. The van der Waals surface area contributed by atoms with Crippen LogP contribution in [0.25, 0.3) is 5.69 Å². The van der Waals surface area contributed by atoms with E-state index in [-0.39, 0.29) is 17.6 Å². The van der Waals surface area contributed by atoms with E-state index in [9.17, 15) is 10.1 Å². The van der Waals surface area contributed by atoms with E-state index in [1.807, 2.05) is 32.0 Å². The summed E-state index contributed by atoms with van der Waals surface area (Å²) >= 11 is 1.26. The Morgan fingerprint density at radius 1 is 1.44 bits per heavy atom. The van der Waals surface area contributed by atoms with Gasteiger partial charge < -0.3 is 5.32 Å². The van der Waals surface area contributed by atoms with Crippen molar-refractivity contribution < 1.29 is 4.79 Å². The molecule has 1 amide bonds. The fraction of sp³-hybridized carbons (Fsp3) is 0.471. The van der Waals surface area contributed by atoms with E-state index in [4.69, 9.17) is 0 Å². The maximum atomic E-state index is 12.2. The van der Waals surface area contributed by atoms with E-state index in [2.05, 4.69) is 26.9 Å². The number of thioether (sulfide) groups is 1. The van der Waals surface area contributed by atoms with E-state index in [0.717, 1.165) is 24.1 Å². The molecule has 1 aromatic carbocycles. The summed E-state index contributed by atoms with van der Waals surface area (Å²) in [5.41, 5.74) is 2.42. The van der Waals surface area contributed by atoms with Crippen molar-refractivity contribution in [3.05, 3.63) is 29.3 Å². The molecule has 1 atom stereocenters. The lowest BCUT2D eigenvalue weighted by atomic mass is 9.98. The number of benzene rings is 1. The zero-order chi connectivity index (χ0) is 18.0. The van der Waals surface area contributed by atoms with E-state index in [0.29, 0.717) is 5.16 Å². The van der Waals surface area contributed by atoms with E-state index in [1.165, 1.54) is 17.3 Å². The molecule has 1 aliphatic carbocycles. The zero-order valence-corrected chi connectivity index (χ0v) is 15.3. The second-order valence-electron chi connectivity index (χ2n) is 6.57. The van der Waals surface area contributed by atoms with Gasteiger partial charge in [0.05, 0.1) is 17.5 Å². The molecule has 130 valence electrons. The van der Waals surface area contributed by atoms with Gasteiger partial charge in [0.25, 0.3) is 0 Å². The number of amides is 1. The third-order valence-electron chi connectivity index (χ3n) is 4.53. The van der Waals surface area contributed by atoms with Gasteiger partial charge in [0.2, 0.25) is 11.1 Å². The molecular formula is C17H20N6OS. The maximum absolute atomic E-state index is 12.2. The standard InChI is InChI=1S/C17H20N6OS/c1-11-4-7-14(8-12(11)2)23-16(20-21-22-23)25-9-15(24)19-17(3,10-18)13-5-6-13/h4,7-8,13H,5-6,9H2,1-3H3,(H,19,24)/t17-/m1/s1. The first-order valence-electron chi connectivity index (χ1n) is 8.14. The molecule has 3 rings (SSSR count). The average Bonchev–Trinajstić information content (AvgIpc) is 3.35. The summed E-state index contributed by atoms with van der Waals surface area (Å²) in [6, 6.07) is 8.20. The van der Waals surface area contributed by atoms with Crippen LogP contribution in [-0.4, -0.2) is 37.4 Å². The van der Waals surface area contributed by atoms with Gasteiger partial charge in [0.15, 0.2) is 0 Å². The average molecular weight is 356 g/mol. The smallest absolute Gasteiger partial charge is 0.231 e. The van der Waals surface area contributed by atoms with Crippen LogP contribution in [0, 0.1) is 31.1 Å². The molecule has 25 heavy (non-hydrogen) atoms. The van der Waals surface area contributed by atoms with Crippen molar-refractivity contribution in [3.63, 3.8) is 0 Å². The molecule has 0 aliphatic heterocycles. The number of hydrogen-bond acceptors (Lipinski definition) is 6. The largest absolute Gasteiger partial charge is 0.337 e. The van der Waals surface area contributed by atoms with Crippen molar-refractivity contribution in [2.45, 2.75) is 44.3 Å². The van der Waals surface area contributed by atoms with E-state index in [1.54, 1.807) is 11.6 Å². The molecule has 1 fully saturated rings. The van der Waals surface area contributed by atoms with Gasteiger partial charge >= 0.3 is 0 Å². The molecule has 8 heteroatoms. The molecule has 1 aromatic heterocycles. The minimum Gasteiger partial charge on any atom is -0.337 e. The highest BCUT2D eigenvalue weighted by atomic mass is 32.2. The zero-order valence-electron chi connectivity index (χ0n) is 14.5. The van der Waals surface area contributed by atoms with Crippen LogP contribution in [0.2, 0.25) is 0 Å². The predicted octanol–water partition coefficient (Wildman–Crippen LogP) is 2.18. The summed E-state index contributed by atoms with van der Waals surface area (Å²) in [7, 11) is 0. The number of aromatic nitrogens is 4. The number of hydrogen-bond donors (Lipinski definition) is 1. The Labute approximate surface area is 150 Å². The number of carbonyl (C=O) groups excluding carboxylic acids is 1. The van der Waals surface area contributed by atoms with Crippen molar-refractivity contribution in [1.82, 2.24) is 25.5 Å². The summed E-state index contributed by atoms with van der Waals surface area (Å²) in [5, 5.41) is 24.5. The Morgan fingerprint density at radius 3 is 2.84 bits per heavy atom. The van der Waals surface area contributed by atoms with Gasteiger partial charge in [-0.3, -0.25) is 4.79 Å². The molecule has 0 unspecified atom stereocenters. The monoisotopic (exact) mass is 356 g/mol. The molecule has 1 aliphatic rings. The van der Waals surface area contributed by atoms with Crippen molar-refractivity contribution in [2.24, 2.45) is 5.92 Å². The van der Waals surface area contributed by atoms with Crippen molar-refractivity contribution in [2.75, 3.05) is 5.75 Å². The summed E-state index contributed by atoms with van der Waals surface area (Å²) in [6.45, 7) is 5.86. The van der Waals surface area contributed by atoms with Crippen LogP contribution in [0.4, 0.5) is 0 Å². The lowest BCUT2D eigenvalue weighted by molar-refractivity contribution is -0.119. The molecule has 1 heterocycles. The van der Waals surface area contributed by atoms with Crippen LogP contribution in [0.1, 0.15) is 30.9 Å². The van der Waals surface area contributed by atoms with Crippen LogP contribution >= 0.6 is 11.8 Å². The van der Waals surface area contributed by atoms with Crippen LogP contribution in [0.5, 0.6) is 0 Å². The van der Waals surface area contributed by atoms with Gasteiger partial charge in [-0.2, -0.15) is 9.94 Å². The molecule has 1 saturated carbocycles. The third-order valence-corrected chi connectivity index (χ3v) is 5.45. The number of nitrogens with one attached hydrogen (secondary N) is 1. The predicted molar refractivity (Wildman–Crippen MR) is 94.2 cm³/mol. The quantitative estimate of drug-likeness (QED) is 0.797. The van der Waals surface area contributed by atoms with Gasteiger partial charge in [-0.05, 0) is 73.2 Å². The van der Waals surface area contributed by atoms with Gasteiger partial charge in [0.1, 0.15) is 5.54 Å². The highest BCUT2D eigenvalue weighted by Gasteiger charge is 2.42. The van der Waals surface area contributed by atoms with Crippen LogP contribution in [0.15, 0.2) is 23.4 Å². The van der Waals surface area contributed by atoms with Crippen molar-refractivity contribution in [3.8, 4) is 11.8 Å². The van der Waals surface area contributed by atoms with Gasteiger partial charge in [-0.15, -0.1) is 5.10 Å². The number of tetrazole rings is 1. The first kappa shape index (κ1) is 17.4. The molecular weight excluding hydrogens is 336 g/mol. The molecule has 0 bridgehead atoms. The number of nitrogens with zero attached hydrogens (tertiary/aromatic N) is 5. The molecule has 2 aromatic rings. The number of nitriles is 1. The Balaban J connectivity index is 1.66. The highest BCUT2D eigenvalue weighted by molar-refractivity contribution is 7.99. The summed E-state index contributed by atoms with van der Waals surface area (Å²) in [4.78, 5) is 12.2. The van der Waals surface area contributed by atoms with Crippen molar-refractivity contribution in [1.29, 1.82) is 5.26 Å². The molecule has 0 saturated heterocycles. The summed E-state index contributed by atoms with van der Waals surface area (Å²) < 4.78 is 1.62. The number of aryl methyl sites for hydroxylation is 2. The van der Waals surface area contributed by atoms with Crippen LogP contribution < -0.4 is 5.32 Å². The lowest BCUT2D eigenvalue weighted by Gasteiger charge is -2.22. The topological polar surface area (TPSA) is 96.5 Å². The van der Waals surface area contributed by atoms with Crippen molar-refractivity contribution >= 4 is 17.7 Å².